The maximum Gasteiger partial charge on any atom is 0.127 e. The Balaban J connectivity index is 0.000000141. The van der Waals surface area contributed by atoms with Crippen molar-refractivity contribution in [2.24, 2.45) is 0 Å². The number of hydrogen-bond acceptors (Lipinski definition) is 11. The van der Waals surface area contributed by atoms with E-state index < -0.39 is 0 Å². The van der Waals surface area contributed by atoms with Crippen LogP contribution < -0.4 is 42.8 Å². The molecule has 7 aromatic rings. The van der Waals surface area contributed by atoms with Crippen molar-refractivity contribution in [2.45, 2.75) is 226 Å². The molecule has 9 atom stereocenters. The van der Waals surface area contributed by atoms with Crippen molar-refractivity contribution in [2.75, 3.05) is 45.9 Å². The summed E-state index contributed by atoms with van der Waals surface area (Å²) in [5, 5.41) is 19.0. The third kappa shape index (κ3) is 19.0. The second kappa shape index (κ2) is 31.0. The fraction of sp³-hybridized carbons (Fsp3) is 0.494. The van der Waals surface area contributed by atoms with Crippen molar-refractivity contribution in [1.82, 2.24) is 0 Å². The topological polar surface area (TPSA) is 118 Å². The van der Waals surface area contributed by atoms with Gasteiger partial charge in [0.05, 0.1) is 26.4 Å². The van der Waals surface area contributed by atoms with Gasteiger partial charge >= 0.3 is 0 Å². The zero-order chi connectivity index (χ0) is 68.5. The first-order valence-electron chi connectivity index (χ1n) is 34.3. The third-order valence-corrected chi connectivity index (χ3v) is 19.2. The molecule has 2 N–H and O–H groups in total. The van der Waals surface area contributed by atoms with Crippen molar-refractivity contribution in [3.8, 4) is 46.0 Å². The number of aliphatic hydroxyl groups is 2. The number of methoxy groups -OCH3 is 2. The molecule has 508 valence electrons. The van der Waals surface area contributed by atoms with E-state index in [0.717, 1.165) is 88.7 Å². The minimum absolute atomic E-state index is 0.0122. The van der Waals surface area contributed by atoms with Crippen molar-refractivity contribution < 1.29 is 48.1 Å². The van der Waals surface area contributed by atoms with Gasteiger partial charge in [0, 0.05) is 42.7 Å². The average molecular weight is 1280 g/mol. The largest absolute Gasteiger partial charge is 0.497 e. The van der Waals surface area contributed by atoms with E-state index in [9.17, 15) is 10.2 Å². The van der Waals surface area contributed by atoms with Crippen LogP contribution in [-0.2, 0) is 0 Å². The zero-order valence-electron chi connectivity index (χ0n) is 60.3. The number of fused-ring (bicyclic) bond motifs is 7. The Kier molecular flexibility index (Phi) is 23.9. The lowest BCUT2D eigenvalue weighted by molar-refractivity contribution is 0.0713. The summed E-state index contributed by atoms with van der Waals surface area (Å²) in [6.45, 7) is 38.8. The Morgan fingerprint density at radius 3 is 1.24 bits per heavy atom. The molecule has 7 aromatic carbocycles. The van der Waals surface area contributed by atoms with Crippen molar-refractivity contribution in [3.63, 3.8) is 0 Å². The second-order valence-corrected chi connectivity index (χ2v) is 29.8. The van der Waals surface area contributed by atoms with Gasteiger partial charge in [-0.05, 0) is 224 Å². The summed E-state index contributed by atoms with van der Waals surface area (Å²) >= 11 is 0. The summed E-state index contributed by atoms with van der Waals surface area (Å²) in [5.74, 6) is 11.1. The number of aryl methyl sites for hydroxylation is 2. The number of nitrogens with zero attached hydrogens (tertiary/aromatic N) is 1. The van der Waals surface area contributed by atoms with Gasteiger partial charge in [-0.15, -0.1) is 0 Å². The number of para-hydroxylation sites is 3. The van der Waals surface area contributed by atoms with E-state index in [1.165, 1.54) is 57.6 Å². The molecule has 0 saturated carbocycles. The molecule has 0 radical (unpaired) electrons. The fourth-order valence-corrected chi connectivity index (χ4v) is 14.2. The van der Waals surface area contributed by atoms with E-state index in [1.807, 2.05) is 86.6 Å². The molecule has 0 spiro atoms. The van der Waals surface area contributed by atoms with Crippen LogP contribution in [0.15, 0.2) is 146 Å². The molecule has 14 rings (SSSR count). The minimum atomic E-state index is -0.361. The smallest absolute Gasteiger partial charge is 0.127 e. The van der Waals surface area contributed by atoms with Crippen LogP contribution >= 0.6 is 0 Å². The van der Waals surface area contributed by atoms with Gasteiger partial charge in [-0.1, -0.05) is 139 Å². The lowest BCUT2D eigenvalue weighted by Gasteiger charge is -2.36. The van der Waals surface area contributed by atoms with Gasteiger partial charge in [0.2, 0.25) is 0 Å². The summed E-state index contributed by atoms with van der Waals surface area (Å²) in [4.78, 5) is 2.34. The summed E-state index contributed by atoms with van der Waals surface area (Å²) in [7, 11) is 5.55. The molecule has 0 aromatic heterocycles. The van der Waals surface area contributed by atoms with Crippen LogP contribution in [0, 0.1) is 13.8 Å². The second-order valence-electron chi connectivity index (χ2n) is 29.8. The molecule has 0 amide bonds. The van der Waals surface area contributed by atoms with Crippen LogP contribution in [0.1, 0.15) is 227 Å². The number of anilines is 1. The van der Waals surface area contributed by atoms with E-state index in [1.54, 1.807) is 14.2 Å². The van der Waals surface area contributed by atoms with Crippen molar-refractivity contribution >= 4 is 5.69 Å². The van der Waals surface area contributed by atoms with Crippen LogP contribution in [0.4, 0.5) is 5.69 Å². The molecule has 7 heterocycles. The van der Waals surface area contributed by atoms with E-state index in [2.05, 4.69) is 189 Å². The Bertz CT molecular complexity index is 3520. The van der Waals surface area contributed by atoms with Gasteiger partial charge in [-0.25, -0.2) is 0 Å². The van der Waals surface area contributed by atoms with Gasteiger partial charge in [0.25, 0.3) is 0 Å². The van der Waals surface area contributed by atoms with Gasteiger partial charge in [-0.3, -0.25) is 0 Å². The van der Waals surface area contributed by atoms with E-state index in [-0.39, 0.29) is 46.4 Å². The fourth-order valence-electron chi connectivity index (χ4n) is 14.2. The van der Waals surface area contributed by atoms with Crippen molar-refractivity contribution in [3.05, 3.63) is 196 Å². The number of aliphatic hydroxyl groups excluding tert-OH is 2. The Morgan fingerprint density at radius 1 is 0.383 bits per heavy atom. The monoisotopic (exact) mass is 1280 g/mol. The number of ether oxygens (including phenoxy) is 8. The molecule has 0 aliphatic carbocycles. The van der Waals surface area contributed by atoms with Crippen LogP contribution in [0.3, 0.4) is 0 Å². The average Bonchev–Trinajstić information content (AvgIpc) is 0.859. The number of benzene rings is 7. The third-order valence-electron chi connectivity index (χ3n) is 19.2. The van der Waals surface area contributed by atoms with Crippen LogP contribution in [0.25, 0.3) is 0 Å². The van der Waals surface area contributed by atoms with Gasteiger partial charge in [0.1, 0.15) is 81.6 Å². The first kappa shape index (κ1) is 72.5. The summed E-state index contributed by atoms with van der Waals surface area (Å²) in [6.07, 6.45) is 4.87. The van der Waals surface area contributed by atoms with Crippen LogP contribution in [0.5, 0.6) is 46.0 Å². The number of rotatable bonds is 2. The van der Waals surface area contributed by atoms with Crippen LogP contribution in [-0.4, -0.2) is 85.9 Å². The molecule has 7 aliphatic heterocycles. The molecule has 11 heteroatoms. The Hall–Kier alpha value is -7.34. The molecular weight excluding hydrogens is 1170 g/mol. The van der Waals surface area contributed by atoms with E-state index >= 15 is 0 Å². The highest BCUT2D eigenvalue weighted by Crippen LogP contribution is 2.46. The minimum Gasteiger partial charge on any atom is -0.497 e. The summed E-state index contributed by atoms with van der Waals surface area (Å²) in [5.41, 5.74) is 12.8. The lowest BCUT2D eigenvalue weighted by atomic mass is 9.85. The van der Waals surface area contributed by atoms with Crippen LogP contribution in [0.2, 0.25) is 0 Å². The molecule has 7 aliphatic rings. The first-order chi connectivity index (χ1) is 44.4. The first-order valence-corrected chi connectivity index (χ1v) is 34.3. The molecule has 0 saturated heterocycles. The normalized spacial score (nSPS) is 24.2. The summed E-state index contributed by atoms with van der Waals surface area (Å²) < 4.78 is 44.9. The van der Waals surface area contributed by atoms with Gasteiger partial charge in [-0.2, -0.15) is 0 Å². The molecule has 94 heavy (non-hydrogen) atoms. The van der Waals surface area contributed by atoms with E-state index in [0.29, 0.717) is 36.9 Å². The Morgan fingerprint density at radius 2 is 0.755 bits per heavy atom. The van der Waals surface area contributed by atoms with Gasteiger partial charge in [0.15, 0.2) is 0 Å². The molecular formula is C83H111NO10. The standard InChI is InChI=1S/2C13H18O2.2C13H18O.C11H15N.2C10H12O2/c1-9-8-13(2,3)15-12-6-5-10(14-4)7-11(9)12;1-9-8-13(2,3)15-12-7-10(14-4)5-6-11(9)12;1-9-5-6-12-11(7-9)10(2)8-13(3,4)14-12;1-9-5-6-11-10(2)8-13(3,4)14-12(11)7-9;1-9-7-8-12(2)11-6-4-3-5-10(9)11;2*1-7-8-4-2-3-5-10(8)12-6-9(7)11/h2*5-7,9H,8H2,1-4H3;2*5-7,10H,8H2,1-4H3;3-6,9H,7-8H2,1-2H3;2*2-5,7,9,11H,6H2,1H3/t;;;;;2*7?,9-/m.....10/s1. The maximum absolute atomic E-state index is 9.50. The zero-order valence-corrected chi connectivity index (χ0v) is 60.3. The highest BCUT2D eigenvalue weighted by molar-refractivity contribution is 5.56. The quantitative estimate of drug-likeness (QED) is 0.172. The maximum atomic E-state index is 9.50. The molecule has 0 fully saturated rings. The molecule has 0 bridgehead atoms. The predicted octanol–water partition coefficient (Wildman–Crippen LogP) is 19.8. The van der Waals surface area contributed by atoms with E-state index in [4.69, 9.17) is 37.9 Å². The predicted molar refractivity (Wildman–Crippen MR) is 385 cm³/mol. The lowest BCUT2D eigenvalue weighted by Crippen LogP contribution is -2.34. The summed E-state index contributed by atoms with van der Waals surface area (Å²) in [6, 6.07) is 49.5. The Labute approximate surface area is 564 Å². The van der Waals surface area contributed by atoms with Crippen molar-refractivity contribution in [1.29, 1.82) is 0 Å². The molecule has 7 unspecified atom stereocenters. The van der Waals surface area contributed by atoms with Gasteiger partial charge < -0.3 is 53.0 Å². The SMILES string of the molecule is CC1CCN(C)c2ccccc21.CC1c2ccccc2OC[C@@H]1O.CC1c2ccccc2OC[C@H]1O.COc1ccc2c(c1)C(C)CC(C)(C)O2.COc1ccc2c(c1)OC(C)(C)CC2C.Cc1ccc2c(c1)C(C)CC(C)(C)O2.Cc1ccc2c(c1)OC(C)(C)CC2C. The number of hydrogen-bond donors (Lipinski definition) is 2. The highest BCUT2D eigenvalue weighted by atomic mass is 16.5. The molecule has 11 nitrogen and oxygen atoms in total. The highest BCUT2D eigenvalue weighted by Gasteiger charge is 2.35.